The van der Waals surface area contributed by atoms with Gasteiger partial charge < -0.3 is 38.2 Å². The maximum absolute atomic E-state index is 11.9. The van der Waals surface area contributed by atoms with Gasteiger partial charge in [0.25, 0.3) is 0 Å². The summed E-state index contributed by atoms with van der Waals surface area (Å²) in [5.41, 5.74) is 0. The molecular formula is C34H43I2O6P. The van der Waals surface area contributed by atoms with Crippen LogP contribution in [0.4, 0.5) is 0 Å². The Morgan fingerprint density at radius 2 is 1.16 bits per heavy atom. The minimum Gasteiger partial charge on any atom is -1.00 e. The number of carbonyl (C=O) groups is 3. The minimum absolute atomic E-state index is 0. The maximum Gasteiger partial charge on any atom is 0.305 e. The summed E-state index contributed by atoms with van der Waals surface area (Å²) in [6.45, 7) is 5.25. The Balaban J connectivity index is 0.000000475. The van der Waals surface area contributed by atoms with Gasteiger partial charge in [0, 0.05) is 23.7 Å². The lowest BCUT2D eigenvalue weighted by molar-refractivity contribution is -0.144. The van der Waals surface area contributed by atoms with E-state index in [1.807, 2.05) is 13.8 Å². The number of carbonyl (C=O) groups excluding carboxylic acids is 3. The van der Waals surface area contributed by atoms with Crippen molar-refractivity contribution in [2.75, 3.05) is 30.4 Å². The first-order chi connectivity index (χ1) is 20.5. The molecule has 1 fully saturated rings. The number of ether oxygens (including phenoxy) is 3. The zero-order valence-electron chi connectivity index (χ0n) is 25.1. The van der Waals surface area contributed by atoms with Gasteiger partial charge >= 0.3 is 17.9 Å². The summed E-state index contributed by atoms with van der Waals surface area (Å²) in [7, 11) is -1.84. The molecule has 43 heavy (non-hydrogen) atoms. The maximum atomic E-state index is 11.9. The number of esters is 3. The van der Waals surface area contributed by atoms with E-state index in [9.17, 15) is 14.4 Å². The van der Waals surface area contributed by atoms with Crippen LogP contribution in [-0.2, 0) is 28.6 Å². The summed E-state index contributed by atoms with van der Waals surface area (Å²) < 4.78 is 15.4. The number of alkyl halides is 1. The van der Waals surface area contributed by atoms with Gasteiger partial charge in [0.2, 0.25) is 0 Å². The van der Waals surface area contributed by atoms with Crippen molar-refractivity contribution < 1.29 is 52.6 Å². The lowest BCUT2D eigenvalue weighted by atomic mass is 10.3. The highest BCUT2D eigenvalue weighted by atomic mass is 127. The Kier molecular flexibility index (Phi) is 21.2. The molecule has 0 aromatic heterocycles. The Labute approximate surface area is 288 Å². The molecule has 9 heteroatoms. The molecule has 0 spiro atoms. The first kappa shape index (κ1) is 39.0. The van der Waals surface area contributed by atoms with Crippen molar-refractivity contribution >= 4 is 63.7 Å². The molecule has 0 amide bonds. The quantitative estimate of drug-likeness (QED) is 0.0917. The van der Waals surface area contributed by atoms with Gasteiger partial charge in [-0.3, -0.25) is 14.4 Å². The predicted molar refractivity (Wildman–Crippen MR) is 181 cm³/mol. The molecule has 0 N–H and O–H groups in total. The zero-order valence-corrected chi connectivity index (χ0v) is 30.3. The Bertz CT molecular complexity index is 1070. The molecule has 6 nitrogen and oxygen atoms in total. The summed E-state index contributed by atoms with van der Waals surface area (Å²) in [6, 6.07) is 32.3. The van der Waals surface area contributed by atoms with E-state index in [4.69, 9.17) is 9.47 Å². The fourth-order valence-corrected chi connectivity index (χ4v) is 9.22. The first-order valence-electron chi connectivity index (χ1n) is 14.6. The number of rotatable bonds is 12. The molecule has 1 saturated heterocycles. The molecule has 0 unspecified atom stereocenters. The standard InChI is InChI=1S/C24H26O2P.C6H11IO2.C4H6O2.HI/c1-2-26-24(25)19-12-20-27(21-13-6-3-7-14-21,22-15-8-4-9-16-22)23-17-10-5-11-18-23;1-2-9-6(8)4-3-5-7;5-4-2-1-3-6-4;/h3-11,13-18H,2,12,19-20H2,1H3;2-5H2,1H3;1-3H2;1H/q+1;;;/p-1. The van der Waals surface area contributed by atoms with E-state index in [2.05, 4.69) is 118 Å². The van der Waals surface area contributed by atoms with Crippen LogP contribution in [0.3, 0.4) is 0 Å². The normalized spacial score (nSPS) is 11.8. The molecule has 0 radical (unpaired) electrons. The number of hydrogen-bond acceptors (Lipinski definition) is 6. The lowest BCUT2D eigenvalue weighted by Gasteiger charge is -2.27. The molecular weight excluding hydrogens is 789 g/mol. The van der Waals surface area contributed by atoms with E-state index in [0.717, 1.165) is 29.9 Å². The van der Waals surface area contributed by atoms with Gasteiger partial charge in [-0.2, -0.15) is 0 Å². The second kappa shape index (κ2) is 23.4. The molecule has 1 aliphatic rings. The van der Waals surface area contributed by atoms with Crippen molar-refractivity contribution in [3.05, 3.63) is 91.0 Å². The van der Waals surface area contributed by atoms with Gasteiger partial charge in [-0.1, -0.05) is 77.2 Å². The van der Waals surface area contributed by atoms with Crippen LogP contribution in [0.1, 0.15) is 52.4 Å². The van der Waals surface area contributed by atoms with E-state index in [1.165, 1.54) is 15.9 Å². The lowest BCUT2D eigenvalue weighted by Crippen LogP contribution is -3.00. The van der Waals surface area contributed by atoms with E-state index < -0.39 is 7.26 Å². The highest BCUT2D eigenvalue weighted by Crippen LogP contribution is 2.55. The van der Waals surface area contributed by atoms with Crippen molar-refractivity contribution in [3.63, 3.8) is 0 Å². The van der Waals surface area contributed by atoms with Gasteiger partial charge in [-0.05, 0) is 69.5 Å². The van der Waals surface area contributed by atoms with Gasteiger partial charge in [0.05, 0.1) is 26.0 Å². The topological polar surface area (TPSA) is 78.9 Å². The molecule has 0 saturated carbocycles. The Hall–Kier alpha value is -2.04. The van der Waals surface area contributed by atoms with Gasteiger partial charge in [0.15, 0.2) is 0 Å². The van der Waals surface area contributed by atoms with Crippen molar-refractivity contribution in [2.24, 2.45) is 0 Å². The molecule has 4 rings (SSSR count). The molecule has 3 aromatic rings. The van der Waals surface area contributed by atoms with Crippen molar-refractivity contribution in [1.82, 2.24) is 0 Å². The Morgan fingerprint density at radius 1 is 0.744 bits per heavy atom. The summed E-state index contributed by atoms with van der Waals surface area (Å²) in [4.78, 5) is 32.5. The van der Waals surface area contributed by atoms with Crippen molar-refractivity contribution in [2.45, 2.75) is 52.4 Å². The monoisotopic (exact) mass is 832 g/mol. The van der Waals surface area contributed by atoms with Gasteiger partial charge in [-0.25, -0.2) is 0 Å². The predicted octanol–water partition coefficient (Wildman–Crippen LogP) is 3.42. The van der Waals surface area contributed by atoms with Crippen molar-refractivity contribution in [1.29, 1.82) is 0 Å². The van der Waals surface area contributed by atoms with Crippen LogP contribution in [0.5, 0.6) is 0 Å². The summed E-state index contributed by atoms with van der Waals surface area (Å²) in [6.07, 6.45) is 5.26. The third kappa shape index (κ3) is 14.1. The van der Waals surface area contributed by atoms with E-state index in [0.29, 0.717) is 39.1 Å². The number of benzene rings is 3. The van der Waals surface area contributed by atoms with Gasteiger partial charge in [-0.15, -0.1) is 0 Å². The van der Waals surface area contributed by atoms with Crippen LogP contribution < -0.4 is 39.9 Å². The Morgan fingerprint density at radius 3 is 1.47 bits per heavy atom. The van der Waals surface area contributed by atoms with E-state index in [1.54, 1.807) is 0 Å². The first-order valence-corrected chi connectivity index (χ1v) is 18.1. The highest BCUT2D eigenvalue weighted by molar-refractivity contribution is 14.1. The zero-order chi connectivity index (χ0) is 30.5. The highest BCUT2D eigenvalue weighted by Gasteiger charge is 2.44. The second-order valence-electron chi connectivity index (χ2n) is 9.37. The largest absolute Gasteiger partial charge is 1.00 e. The van der Waals surface area contributed by atoms with Crippen LogP contribution >= 0.6 is 29.9 Å². The molecule has 0 atom stereocenters. The summed E-state index contributed by atoms with van der Waals surface area (Å²) >= 11 is 2.24. The molecule has 234 valence electrons. The second-order valence-corrected chi connectivity index (χ2v) is 14.1. The van der Waals surface area contributed by atoms with Crippen LogP contribution in [-0.4, -0.2) is 48.3 Å². The van der Waals surface area contributed by atoms with E-state index in [-0.39, 0.29) is 41.9 Å². The van der Waals surface area contributed by atoms with Crippen LogP contribution in [0.2, 0.25) is 0 Å². The SMILES string of the molecule is CCOC(=O)CCCI.CCOC(=O)CCC[P+](c1ccccc1)(c1ccccc1)c1ccccc1.O=C1CCCO1.[I-]. The van der Waals surface area contributed by atoms with Crippen molar-refractivity contribution in [3.8, 4) is 0 Å². The van der Waals surface area contributed by atoms with Crippen LogP contribution in [0.25, 0.3) is 0 Å². The van der Waals surface area contributed by atoms with Crippen LogP contribution in [0.15, 0.2) is 91.0 Å². The number of halogens is 2. The average Bonchev–Trinajstić information content (AvgIpc) is 3.51. The average molecular weight is 832 g/mol. The molecule has 1 aliphatic heterocycles. The molecule has 3 aromatic carbocycles. The molecule has 1 heterocycles. The smallest absolute Gasteiger partial charge is 0.305 e. The number of cyclic esters (lactones) is 1. The van der Waals surface area contributed by atoms with Crippen LogP contribution in [0, 0.1) is 0 Å². The third-order valence-electron chi connectivity index (χ3n) is 6.38. The van der Waals surface area contributed by atoms with Gasteiger partial charge in [0.1, 0.15) is 23.2 Å². The summed E-state index contributed by atoms with van der Waals surface area (Å²) in [5.74, 6) is -0.228. The fraction of sp³-hybridized carbons (Fsp3) is 0.382. The molecule has 0 bridgehead atoms. The summed E-state index contributed by atoms with van der Waals surface area (Å²) in [5, 5.41) is 4.06. The van der Waals surface area contributed by atoms with E-state index >= 15 is 0 Å². The number of hydrogen-bond donors (Lipinski definition) is 0. The molecule has 0 aliphatic carbocycles. The third-order valence-corrected chi connectivity index (χ3v) is 11.7. The minimum atomic E-state index is -1.84. The fourth-order valence-electron chi connectivity index (χ4n) is 4.49.